The van der Waals surface area contributed by atoms with Gasteiger partial charge in [0.1, 0.15) is 0 Å². The van der Waals surface area contributed by atoms with Crippen LogP contribution in [0.25, 0.3) is 0 Å². The van der Waals surface area contributed by atoms with Gasteiger partial charge in [0, 0.05) is 12.6 Å². The standard InChI is InChI=1S/C31H28N2O2/c1-22-17-19-26(20-18-22)31(24-11-5-3-6-12-24,25-13-7-4-8-14-25)32-23(2)21-33-29(34)27-15-9-10-16-28(27)30(33)35/h3-20,23,32H,21H2,1-2H3/t23-/m0/s1. The molecule has 0 aliphatic carbocycles. The monoisotopic (exact) mass is 460 g/mol. The van der Waals surface area contributed by atoms with Crippen molar-refractivity contribution in [2.45, 2.75) is 25.4 Å². The lowest BCUT2D eigenvalue weighted by Gasteiger charge is -2.40. The summed E-state index contributed by atoms with van der Waals surface area (Å²) < 4.78 is 0. The number of fused-ring (bicyclic) bond motifs is 1. The lowest BCUT2D eigenvalue weighted by Crippen LogP contribution is -2.52. The molecule has 4 aromatic carbocycles. The molecule has 0 saturated carbocycles. The highest BCUT2D eigenvalue weighted by Crippen LogP contribution is 2.37. The van der Waals surface area contributed by atoms with Gasteiger partial charge in [-0.05, 0) is 42.7 Å². The van der Waals surface area contributed by atoms with Gasteiger partial charge in [0.15, 0.2) is 0 Å². The number of hydrogen-bond donors (Lipinski definition) is 1. The molecule has 0 radical (unpaired) electrons. The molecule has 0 spiro atoms. The second-order valence-electron chi connectivity index (χ2n) is 9.16. The lowest BCUT2D eigenvalue weighted by molar-refractivity contribution is 0.0637. The molecule has 0 unspecified atom stereocenters. The first-order chi connectivity index (χ1) is 17.0. The average Bonchev–Trinajstić information content (AvgIpc) is 3.14. The zero-order chi connectivity index (χ0) is 24.4. The first kappa shape index (κ1) is 22.8. The van der Waals surface area contributed by atoms with Crippen molar-refractivity contribution in [1.82, 2.24) is 10.2 Å². The Bertz CT molecular complexity index is 1270. The Labute approximate surface area is 206 Å². The van der Waals surface area contributed by atoms with Crippen LogP contribution in [0.4, 0.5) is 0 Å². The minimum atomic E-state index is -0.672. The fourth-order valence-corrected chi connectivity index (χ4v) is 5.02. The zero-order valence-electron chi connectivity index (χ0n) is 19.9. The summed E-state index contributed by atoms with van der Waals surface area (Å²) in [5.41, 5.74) is 4.72. The van der Waals surface area contributed by atoms with Gasteiger partial charge >= 0.3 is 0 Å². The van der Waals surface area contributed by atoms with Crippen LogP contribution in [0.5, 0.6) is 0 Å². The third kappa shape index (κ3) is 4.07. The van der Waals surface area contributed by atoms with Crippen LogP contribution in [0.1, 0.15) is 49.9 Å². The maximum absolute atomic E-state index is 13.0. The fourth-order valence-electron chi connectivity index (χ4n) is 5.02. The summed E-state index contributed by atoms with van der Waals surface area (Å²) in [5.74, 6) is -0.473. The number of aryl methyl sites for hydroxylation is 1. The molecule has 174 valence electrons. The number of benzene rings is 4. The molecule has 1 aliphatic heterocycles. The van der Waals surface area contributed by atoms with Gasteiger partial charge < -0.3 is 0 Å². The zero-order valence-corrected chi connectivity index (χ0v) is 19.9. The van der Waals surface area contributed by atoms with Crippen LogP contribution in [0.15, 0.2) is 109 Å². The van der Waals surface area contributed by atoms with Crippen LogP contribution < -0.4 is 5.32 Å². The SMILES string of the molecule is Cc1ccc(C(N[C@@H](C)CN2C(=O)c3ccccc3C2=O)(c2ccccc2)c2ccccc2)cc1. The molecule has 5 rings (SSSR count). The van der Waals surface area contributed by atoms with Crippen LogP contribution in [-0.4, -0.2) is 29.3 Å². The minimum Gasteiger partial charge on any atom is -0.296 e. The summed E-state index contributed by atoms with van der Waals surface area (Å²) in [6.45, 7) is 4.37. The molecule has 2 amide bonds. The number of carbonyl (C=O) groups excluding carboxylic acids is 2. The van der Waals surface area contributed by atoms with Crippen molar-refractivity contribution in [2.75, 3.05) is 6.54 Å². The molecule has 0 fully saturated rings. The van der Waals surface area contributed by atoms with Crippen molar-refractivity contribution in [3.63, 3.8) is 0 Å². The number of hydrogen-bond acceptors (Lipinski definition) is 3. The molecule has 35 heavy (non-hydrogen) atoms. The van der Waals surface area contributed by atoms with Crippen molar-refractivity contribution in [3.05, 3.63) is 143 Å². The van der Waals surface area contributed by atoms with Crippen molar-refractivity contribution >= 4 is 11.8 Å². The van der Waals surface area contributed by atoms with E-state index >= 15 is 0 Å². The number of amides is 2. The van der Waals surface area contributed by atoms with Gasteiger partial charge in [-0.2, -0.15) is 0 Å². The highest BCUT2D eigenvalue weighted by molar-refractivity contribution is 6.21. The largest absolute Gasteiger partial charge is 0.296 e. The van der Waals surface area contributed by atoms with E-state index in [1.807, 2.05) is 43.3 Å². The number of nitrogens with zero attached hydrogens (tertiary/aromatic N) is 1. The molecule has 4 heteroatoms. The Balaban J connectivity index is 1.57. The highest BCUT2D eigenvalue weighted by atomic mass is 16.2. The second-order valence-corrected chi connectivity index (χ2v) is 9.16. The topological polar surface area (TPSA) is 49.4 Å². The van der Waals surface area contributed by atoms with Crippen molar-refractivity contribution in [2.24, 2.45) is 0 Å². The smallest absolute Gasteiger partial charge is 0.261 e. The quantitative estimate of drug-likeness (QED) is 0.290. The van der Waals surface area contributed by atoms with Gasteiger partial charge in [-0.15, -0.1) is 0 Å². The summed E-state index contributed by atoms with van der Waals surface area (Å²) in [7, 11) is 0. The third-order valence-electron chi connectivity index (χ3n) is 6.70. The van der Waals surface area contributed by atoms with E-state index in [0.717, 1.165) is 16.7 Å². The predicted molar refractivity (Wildman–Crippen MR) is 138 cm³/mol. The molecule has 4 aromatic rings. The van der Waals surface area contributed by atoms with Crippen LogP contribution >= 0.6 is 0 Å². The first-order valence-corrected chi connectivity index (χ1v) is 11.9. The number of imide groups is 1. The summed E-state index contributed by atoms with van der Waals surface area (Å²) in [6, 6.07) is 36.0. The number of rotatable bonds is 7. The van der Waals surface area contributed by atoms with E-state index in [-0.39, 0.29) is 24.4 Å². The van der Waals surface area contributed by atoms with Crippen LogP contribution in [0.2, 0.25) is 0 Å². The summed E-state index contributed by atoms with van der Waals surface area (Å²) in [5, 5.41) is 3.85. The van der Waals surface area contributed by atoms with Gasteiger partial charge in [-0.3, -0.25) is 19.8 Å². The summed E-state index contributed by atoms with van der Waals surface area (Å²) in [6.07, 6.45) is 0. The van der Waals surface area contributed by atoms with Crippen molar-refractivity contribution < 1.29 is 9.59 Å². The predicted octanol–water partition coefficient (Wildman–Crippen LogP) is 5.56. The van der Waals surface area contributed by atoms with Crippen molar-refractivity contribution in [3.8, 4) is 0 Å². The van der Waals surface area contributed by atoms with E-state index in [4.69, 9.17) is 0 Å². The van der Waals surface area contributed by atoms with E-state index in [1.165, 1.54) is 10.5 Å². The molecular formula is C31H28N2O2. The van der Waals surface area contributed by atoms with Gasteiger partial charge in [-0.25, -0.2) is 0 Å². The summed E-state index contributed by atoms with van der Waals surface area (Å²) >= 11 is 0. The van der Waals surface area contributed by atoms with Crippen molar-refractivity contribution in [1.29, 1.82) is 0 Å². The molecule has 0 saturated heterocycles. The van der Waals surface area contributed by atoms with Gasteiger partial charge in [0.05, 0.1) is 16.7 Å². The Morgan fingerprint density at radius 1 is 0.657 bits per heavy atom. The number of carbonyl (C=O) groups is 2. The molecule has 0 aromatic heterocycles. The van der Waals surface area contributed by atoms with E-state index in [1.54, 1.807) is 24.3 Å². The molecular weight excluding hydrogens is 432 g/mol. The average molecular weight is 461 g/mol. The Kier molecular flexibility index (Phi) is 6.06. The molecule has 1 heterocycles. The van der Waals surface area contributed by atoms with Gasteiger partial charge in [-0.1, -0.05) is 103 Å². The van der Waals surface area contributed by atoms with Crippen LogP contribution in [0.3, 0.4) is 0 Å². The minimum absolute atomic E-state index is 0.195. The number of nitrogens with one attached hydrogen (secondary N) is 1. The third-order valence-corrected chi connectivity index (χ3v) is 6.70. The maximum atomic E-state index is 13.0. The Hall–Kier alpha value is -4.02. The fraction of sp³-hybridized carbons (Fsp3) is 0.161. The molecule has 0 bridgehead atoms. The second kappa shape index (κ2) is 9.32. The Morgan fingerprint density at radius 3 is 1.57 bits per heavy atom. The maximum Gasteiger partial charge on any atom is 0.261 e. The summed E-state index contributed by atoms with van der Waals surface area (Å²) in [4.78, 5) is 27.4. The molecule has 1 aliphatic rings. The van der Waals surface area contributed by atoms with Crippen LogP contribution in [0, 0.1) is 6.92 Å². The normalized spacial score (nSPS) is 14.2. The molecule has 1 N–H and O–H groups in total. The van der Waals surface area contributed by atoms with E-state index in [2.05, 4.69) is 60.8 Å². The first-order valence-electron chi connectivity index (χ1n) is 11.9. The van der Waals surface area contributed by atoms with E-state index < -0.39 is 5.54 Å². The molecule has 4 nitrogen and oxygen atoms in total. The van der Waals surface area contributed by atoms with E-state index in [0.29, 0.717) is 11.1 Å². The van der Waals surface area contributed by atoms with E-state index in [9.17, 15) is 9.59 Å². The van der Waals surface area contributed by atoms with Crippen LogP contribution in [-0.2, 0) is 5.54 Å². The lowest BCUT2D eigenvalue weighted by atomic mass is 9.76. The highest BCUT2D eigenvalue weighted by Gasteiger charge is 2.40. The van der Waals surface area contributed by atoms with Gasteiger partial charge in [0.25, 0.3) is 11.8 Å². The molecule has 1 atom stereocenters. The van der Waals surface area contributed by atoms with Gasteiger partial charge in [0.2, 0.25) is 0 Å². The Morgan fingerprint density at radius 2 is 1.09 bits per heavy atom.